The Bertz CT molecular complexity index is 554. The number of ether oxygens (including phenoxy) is 1. The summed E-state index contributed by atoms with van der Waals surface area (Å²) in [5, 5.41) is 2.19. The molecule has 0 bridgehead atoms. The van der Waals surface area contributed by atoms with Crippen molar-refractivity contribution in [1.29, 1.82) is 0 Å². The molecule has 0 aliphatic carbocycles. The first kappa shape index (κ1) is 17.0. The molecule has 7 heteroatoms. The van der Waals surface area contributed by atoms with Crippen molar-refractivity contribution in [2.24, 2.45) is 0 Å². The molecule has 23 heavy (non-hydrogen) atoms. The van der Waals surface area contributed by atoms with Crippen molar-refractivity contribution < 1.29 is 24.0 Å². The van der Waals surface area contributed by atoms with E-state index in [0.29, 0.717) is 31.7 Å². The van der Waals surface area contributed by atoms with E-state index in [1.165, 1.54) is 0 Å². The number of alkyl carbamates (subject to hydrolysis) is 1. The van der Waals surface area contributed by atoms with E-state index in [2.05, 4.69) is 10.1 Å². The number of hydrogen-bond donors (Lipinski definition) is 2. The van der Waals surface area contributed by atoms with Gasteiger partial charge < -0.3 is 14.5 Å². The predicted molar refractivity (Wildman–Crippen MR) is 83.1 cm³/mol. The number of quaternary nitrogens is 1. The number of amides is 3. The standard InChI is InChI=1S/C16H21N3O4/c1-2-23-16(22)17-14(20)12-18-8-10-19(11-9-18)15(21)13-6-4-3-5-7-13/h3-7H,2,8-12H2,1H3,(H,17,20,22)/p+1. The highest BCUT2D eigenvalue weighted by Gasteiger charge is 2.26. The summed E-state index contributed by atoms with van der Waals surface area (Å²) in [7, 11) is 0. The van der Waals surface area contributed by atoms with E-state index in [1.807, 2.05) is 18.2 Å². The Hall–Kier alpha value is -2.41. The van der Waals surface area contributed by atoms with Gasteiger partial charge >= 0.3 is 6.09 Å². The van der Waals surface area contributed by atoms with Crippen molar-refractivity contribution in [2.45, 2.75) is 6.92 Å². The smallest absolute Gasteiger partial charge is 0.414 e. The fraction of sp³-hybridized carbons (Fsp3) is 0.438. The minimum absolute atomic E-state index is 0.0145. The van der Waals surface area contributed by atoms with E-state index in [-0.39, 0.29) is 25.0 Å². The zero-order valence-corrected chi connectivity index (χ0v) is 13.2. The summed E-state index contributed by atoms with van der Waals surface area (Å²) in [4.78, 5) is 38.1. The third-order valence-electron chi connectivity index (χ3n) is 3.71. The van der Waals surface area contributed by atoms with Gasteiger partial charge in [0, 0.05) is 5.56 Å². The van der Waals surface area contributed by atoms with E-state index in [0.717, 1.165) is 4.90 Å². The molecule has 1 aromatic rings. The van der Waals surface area contributed by atoms with Crippen molar-refractivity contribution in [3.63, 3.8) is 0 Å². The molecule has 0 spiro atoms. The van der Waals surface area contributed by atoms with E-state index in [9.17, 15) is 14.4 Å². The van der Waals surface area contributed by atoms with Crippen molar-refractivity contribution in [2.75, 3.05) is 39.3 Å². The third kappa shape index (κ3) is 5.07. The Balaban J connectivity index is 1.77. The van der Waals surface area contributed by atoms with Crippen molar-refractivity contribution in [3.05, 3.63) is 35.9 Å². The Morgan fingerprint density at radius 1 is 1.17 bits per heavy atom. The zero-order valence-electron chi connectivity index (χ0n) is 13.2. The normalized spacial score (nSPS) is 15.1. The Labute approximate surface area is 135 Å². The first-order valence-corrected chi connectivity index (χ1v) is 7.74. The summed E-state index contributed by atoms with van der Waals surface area (Å²) in [5.74, 6) is -0.345. The molecular weight excluding hydrogens is 298 g/mol. The Morgan fingerprint density at radius 2 is 1.83 bits per heavy atom. The molecule has 1 aromatic carbocycles. The molecule has 124 valence electrons. The van der Waals surface area contributed by atoms with Gasteiger partial charge in [0.2, 0.25) is 0 Å². The van der Waals surface area contributed by atoms with E-state index in [4.69, 9.17) is 0 Å². The van der Waals surface area contributed by atoms with Crippen LogP contribution in [-0.4, -0.2) is 62.1 Å². The van der Waals surface area contributed by atoms with Gasteiger partial charge in [0.1, 0.15) is 0 Å². The quantitative estimate of drug-likeness (QED) is 0.769. The maximum absolute atomic E-state index is 12.3. The fourth-order valence-corrected chi connectivity index (χ4v) is 2.52. The molecule has 1 aliphatic rings. The minimum Gasteiger partial charge on any atom is -0.450 e. The second kappa shape index (κ2) is 8.28. The van der Waals surface area contributed by atoms with Crippen LogP contribution in [0.2, 0.25) is 0 Å². The average Bonchev–Trinajstić information content (AvgIpc) is 2.56. The van der Waals surface area contributed by atoms with Crippen molar-refractivity contribution >= 4 is 17.9 Å². The van der Waals surface area contributed by atoms with E-state index in [1.54, 1.807) is 24.0 Å². The van der Waals surface area contributed by atoms with Crippen LogP contribution in [0, 0.1) is 0 Å². The van der Waals surface area contributed by atoms with Crippen LogP contribution in [0.25, 0.3) is 0 Å². The molecule has 1 heterocycles. The molecule has 7 nitrogen and oxygen atoms in total. The Morgan fingerprint density at radius 3 is 2.43 bits per heavy atom. The molecule has 1 aliphatic heterocycles. The molecular formula is C16H22N3O4+. The second-order valence-corrected chi connectivity index (χ2v) is 5.35. The number of imide groups is 1. The van der Waals surface area contributed by atoms with Gasteiger partial charge in [-0.2, -0.15) is 0 Å². The molecule has 0 atom stereocenters. The van der Waals surface area contributed by atoms with Gasteiger partial charge in [0.25, 0.3) is 11.8 Å². The number of piperazine rings is 1. The molecule has 1 saturated heterocycles. The molecule has 0 saturated carbocycles. The van der Waals surface area contributed by atoms with Crippen LogP contribution in [0.15, 0.2) is 30.3 Å². The second-order valence-electron chi connectivity index (χ2n) is 5.35. The zero-order chi connectivity index (χ0) is 16.7. The molecule has 0 radical (unpaired) electrons. The lowest BCUT2D eigenvalue weighted by molar-refractivity contribution is -0.895. The van der Waals surface area contributed by atoms with Gasteiger partial charge in [0.15, 0.2) is 6.54 Å². The average molecular weight is 320 g/mol. The lowest BCUT2D eigenvalue weighted by atomic mass is 10.2. The van der Waals surface area contributed by atoms with Crippen LogP contribution in [-0.2, 0) is 9.53 Å². The molecule has 2 N–H and O–H groups in total. The summed E-state index contributed by atoms with van der Waals surface area (Å²) in [6, 6.07) is 9.16. The number of benzene rings is 1. The van der Waals surface area contributed by atoms with E-state index < -0.39 is 6.09 Å². The van der Waals surface area contributed by atoms with Crippen molar-refractivity contribution in [1.82, 2.24) is 10.2 Å². The molecule has 3 amide bonds. The first-order valence-electron chi connectivity index (χ1n) is 7.74. The lowest BCUT2D eigenvalue weighted by Gasteiger charge is -2.31. The summed E-state index contributed by atoms with van der Waals surface area (Å²) < 4.78 is 4.67. The maximum atomic E-state index is 12.3. The molecule has 2 rings (SSSR count). The molecule has 0 unspecified atom stereocenters. The van der Waals surface area contributed by atoms with Crippen LogP contribution in [0.5, 0.6) is 0 Å². The highest BCUT2D eigenvalue weighted by Crippen LogP contribution is 2.04. The van der Waals surface area contributed by atoms with Gasteiger partial charge in [-0.25, -0.2) is 4.79 Å². The highest BCUT2D eigenvalue weighted by atomic mass is 16.5. The topological polar surface area (TPSA) is 80.2 Å². The van der Waals surface area contributed by atoms with Gasteiger partial charge in [-0.15, -0.1) is 0 Å². The number of hydrogen-bond acceptors (Lipinski definition) is 4. The van der Waals surface area contributed by atoms with Gasteiger partial charge in [-0.1, -0.05) is 18.2 Å². The monoisotopic (exact) mass is 320 g/mol. The number of rotatable bonds is 4. The largest absolute Gasteiger partial charge is 0.450 e. The maximum Gasteiger partial charge on any atom is 0.414 e. The molecule has 0 aromatic heterocycles. The van der Waals surface area contributed by atoms with Crippen LogP contribution in [0.3, 0.4) is 0 Å². The molecule has 1 fully saturated rings. The predicted octanol–water partition coefficient (Wildman–Crippen LogP) is -0.700. The van der Waals surface area contributed by atoms with Gasteiger partial charge in [0.05, 0.1) is 32.8 Å². The van der Waals surface area contributed by atoms with Crippen LogP contribution >= 0.6 is 0 Å². The summed E-state index contributed by atoms with van der Waals surface area (Å²) in [5.41, 5.74) is 0.677. The third-order valence-corrected chi connectivity index (χ3v) is 3.71. The summed E-state index contributed by atoms with van der Waals surface area (Å²) in [6.07, 6.45) is -0.713. The fourth-order valence-electron chi connectivity index (χ4n) is 2.52. The van der Waals surface area contributed by atoms with E-state index >= 15 is 0 Å². The Kier molecular flexibility index (Phi) is 6.10. The first-order chi connectivity index (χ1) is 11.1. The van der Waals surface area contributed by atoms with Gasteiger partial charge in [-0.05, 0) is 19.1 Å². The number of nitrogens with zero attached hydrogens (tertiary/aromatic N) is 1. The highest BCUT2D eigenvalue weighted by molar-refractivity contribution is 5.94. The van der Waals surface area contributed by atoms with Crippen LogP contribution < -0.4 is 10.2 Å². The lowest BCUT2D eigenvalue weighted by Crippen LogP contribution is -3.15. The number of nitrogens with one attached hydrogen (secondary N) is 2. The minimum atomic E-state index is -0.713. The van der Waals surface area contributed by atoms with Crippen LogP contribution in [0.4, 0.5) is 4.79 Å². The number of carbonyl (C=O) groups is 3. The SMILES string of the molecule is CCOC(=O)NC(=O)C[NH+]1CCN(C(=O)c2ccccc2)CC1. The van der Waals surface area contributed by atoms with Crippen LogP contribution in [0.1, 0.15) is 17.3 Å². The summed E-state index contributed by atoms with van der Waals surface area (Å²) >= 11 is 0. The summed E-state index contributed by atoms with van der Waals surface area (Å²) in [6.45, 7) is 4.64. The van der Waals surface area contributed by atoms with Gasteiger partial charge in [-0.3, -0.25) is 14.9 Å². The van der Waals surface area contributed by atoms with Crippen molar-refractivity contribution in [3.8, 4) is 0 Å². The number of carbonyl (C=O) groups excluding carboxylic acids is 3.